The SMILES string of the molecule is Fc1ccc(C2CCCN2c2ncnc(Nc3cc(C4CC4)[nH]n3)n2)c(Cl)c1. The molecule has 0 bridgehead atoms. The van der Waals surface area contributed by atoms with E-state index in [1.165, 1.54) is 31.3 Å². The lowest BCUT2D eigenvalue weighted by Crippen LogP contribution is -2.25. The smallest absolute Gasteiger partial charge is 0.233 e. The lowest BCUT2D eigenvalue weighted by molar-refractivity contribution is 0.624. The molecule has 144 valence electrons. The lowest BCUT2D eigenvalue weighted by atomic mass is 10.0. The largest absolute Gasteiger partial charge is 0.334 e. The van der Waals surface area contributed by atoms with Gasteiger partial charge in [0.1, 0.15) is 12.1 Å². The maximum atomic E-state index is 13.4. The Morgan fingerprint density at radius 1 is 1.18 bits per heavy atom. The van der Waals surface area contributed by atoms with E-state index in [-0.39, 0.29) is 11.9 Å². The minimum absolute atomic E-state index is 0.00945. The van der Waals surface area contributed by atoms with Crippen LogP contribution in [0.25, 0.3) is 0 Å². The summed E-state index contributed by atoms with van der Waals surface area (Å²) in [7, 11) is 0. The molecule has 0 radical (unpaired) electrons. The topological polar surface area (TPSA) is 82.6 Å². The first kappa shape index (κ1) is 17.4. The van der Waals surface area contributed by atoms with Crippen LogP contribution >= 0.6 is 11.6 Å². The van der Waals surface area contributed by atoms with Gasteiger partial charge in [-0.25, -0.2) is 14.4 Å². The van der Waals surface area contributed by atoms with Crippen molar-refractivity contribution >= 4 is 29.3 Å². The first-order valence-electron chi connectivity index (χ1n) is 9.40. The third kappa shape index (κ3) is 3.40. The van der Waals surface area contributed by atoms with Crippen molar-refractivity contribution in [1.82, 2.24) is 25.1 Å². The van der Waals surface area contributed by atoms with E-state index >= 15 is 0 Å². The Hall–Kier alpha value is -2.74. The molecule has 2 aliphatic rings. The van der Waals surface area contributed by atoms with Crippen LogP contribution in [0, 0.1) is 5.82 Å². The Bertz CT molecular complexity index is 1000. The van der Waals surface area contributed by atoms with Crippen molar-refractivity contribution in [3.63, 3.8) is 0 Å². The Balaban J connectivity index is 1.38. The Morgan fingerprint density at radius 3 is 2.89 bits per heavy atom. The molecular formula is C19H19ClFN7. The second kappa shape index (κ2) is 7.01. The van der Waals surface area contributed by atoms with Crippen LogP contribution in [0.5, 0.6) is 0 Å². The number of nitrogens with one attached hydrogen (secondary N) is 2. The molecule has 0 amide bonds. The number of halogens is 2. The van der Waals surface area contributed by atoms with Gasteiger partial charge in [-0.1, -0.05) is 17.7 Å². The molecule has 3 aromatic rings. The van der Waals surface area contributed by atoms with Crippen molar-refractivity contribution in [2.45, 2.75) is 37.6 Å². The molecule has 1 saturated heterocycles. The van der Waals surface area contributed by atoms with Gasteiger partial charge in [0.05, 0.1) is 6.04 Å². The molecule has 3 heterocycles. The van der Waals surface area contributed by atoms with Crippen LogP contribution in [-0.2, 0) is 0 Å². The van der Waals surface area contributed by atoms with E-state index < -0.39 is 0 Å². The fourth-order valence-corrected chi connectivity index (χ4v) is 4.00. The molecule has 1 aliphatic heterocycles. The lowest BCUT2D eigenvalue weighted by Gasteiger charge is -2.25. The normalized spacial score (nSPS) is 19.2. The van der Waals surface area contributed by atoms with E-state index in [1.807, 2.05) is 6.07 Å². The zero-order chi connectivity index (χ0) is 19.1. The summed E-state index contributed by atoms with van der Waals surface area (Å²) in [6.07, 6.45) is 5.79. The van der Waals surface area contributed by atoms with Crippen LogP contribution in [0.15, 0.2) is 30.6 Å². The summed E-state index contributed by atoms with van der Waals surface area (Å²) in [6, 6.07) is 6.54. The zero-order valence-corrected chi connectivity index (χ0v) is 15.8. The van der Waals surface area contributed by atoms with Crippen LogP contribution in [-0.4, -0.2) is 31.7 Å². The minimum atomic E-state index is -0.338. The number of benzene rings is 1. The van der Waals surface area contributed by atoms with Gasteiger partial charge in [0.15, 0.2) is 5.82 Å². The van der Waals surface area contributed by atoms with Gasteiger partial charge in [-0.3, -0.25) is 5.10 Å². The summed E-state index contributed by atoms with van der Waals surface area (Å²) < 4.78 is 13.4. The van der Waals surface area contributed by atoms with Crippen LogP contribution in [0.3, 0.4) is 0 Å². The van der Waals surface area contributed by atoms with E-state index in [2.05, 4.69) is 35.4 Å². The van der Waals surface area contributed by atoms with E-state index in [4.69, 9.17) is 11.6 Å². The number of nitrogens with zero attached hydrogens (tertiary/aromatic N) is 5. The third-order valence-corrected chi connectivity index (χ3v) is 5.57. The number of hydrogen-bond donors (Lipinski definition) is 2. The Morgan fingerprint density at radius 2 is 2.07 bits per heavy atom. The Kier molecular flexibility index (Phi) is 4.35. The van der Waals surface area contributed by atoms with E-state index in [0.29, 0.717) is 28.7 Å². The van der Waals surface area contributed by atoms with Gasteiger partial charge in [0.2, 0.25) is 11.9 Å². The summed E-state index contributed by atoms with van der Waals surface area (Å²) in [5.41, 5.74) is 2.03. The second-order valence-electron chi connectivity index (χ2n) is 7.23. The molecule has 1 aromatic carbocycles. The zero-order valence-electron chi connectivity index (χ0n) is 15.1. The first-order valence-corrected chi connectivity index (χ1v) is 9.78. The highest BCUT2D eigenvalue weighted by molar-refractivity contribution is 6.31. The van der Waals surface area contributed by atoms with Gasteiger partial charge >= 0.3 is 0 Å². The van der Waals surface area contributed by atoms with Crippen molar-refractivity contribution in [3.05, 3.63) is 52.7 Å². The van der Waals surface area contributed by atoms with Crippen molar-refractivity contribution in [1.29, 1.82) is 0 Å². The molecule has 2 aromatic heterocycles. The molecular weight excluding hydrogens is 381 g/mol. The molecule has 1 unspecified atom stereocenters. The molecule has 1 atom stereocenters. The highest BCUT2D eigenvalue weighted by atomic mass is 35.5. The van der Waals surface area contributed by atoms with Gasteiger partial charge < -0.3 is 10.2 Å². The third-order valence-electron chi connectivity index (χ3n) is 5.25. The van der Waals surface area contributed by atoms with Crippen LogP contribution < -0.4 is 10.2 Å². The molecule has 2 fully saturated rings. The van der Waals surface area contributed by atoms with Crippen LogP contribution in [0.4, 0.5) is 22.1 Å². The quantitative estimate of drug-likeness (QED) is 0.663. The summed E-state index contributed by atoms with van der Waals surface area (Å²) in [5.74, 6) is 1.96. The fourth-order valence-electron chi connectivity index (χ4n) is 3.71. The number of aromatic amines is 1. The fraction of sp³-hybridized carbons (Fsp3) is 0.368. The molecule has 1 saturated carbocycles. The maximum absolute atomic E-state index is 13.4. The average Bonchev–Trinajstić information content (AvgIpc) is 3.23. The van der Waals surface area contributed by atoms with Crippen molar-refractivity contribution in [2.24, 2.45) is 0 Å². The summed E-state index contributed by atoms with van der Waals surface area (Å²) in [6.45, 7) is 0.802. The standard InChI is InChI=1S/C19H19ClFN7/c20-14-8-12(21)5-6-13(14)16-2-1-7-28(16)19-23-10-22-18(25-19)24-17-9-15(26-27-17)11-3-4-11/h5-6,8-11,16H,1-4,7H2,(H2,22,23,24,25,26,27). The first-order chi connectivity index (χ1) is 13.7. The van der Waals surface area contributed by atoms with Gasteiger partial charge in [-0.2, -0.15) is 10.1 Å². The number of hydrogen-bond acceptors (Lipinski definition) is 6. The summed E-state index contributed by atoms with van der Waals surface area (Å²) >= 11 is 6.29. The van der Waals surface area contributed by atoms with Gasteiger partial charge in [0.25, 0.3) is 0 Å². The predicted octanol–water partition coefficient (Wildman–Crippen LogP) is 4.35. The molecule has 0 spiro atoms. The number of aromatic nitrogens is 5. The van der Waals surface area contributed by atoms with Crippen LogP contribution in [0.2, 0.25) is 5.02 Å². The number of H-pyrrole nitrogens is 1. The monoisotopic (exact) mass is 399 g/mol. The highest BCUT2D eigenvalue weighted by Crippen LogP contribution is 2.40. The van der Waals surface area contributed by atoms with Gasteiger partial charge in [-0.15, -0.1) is 0 Å². The van der Waals surface area contributed by atoms with E-state index in [9.17, 15) is 4.39 Å². The average molecular weight is 400 g/mol. The molecule has 7 nitrogen and oxygen atoms in total. The Labute approximate surface area is 166 Å². The molecule has 5 rings (SSSR count). The predicted molar refractivity (Wildman–Crippen MR) is 104 cm³/mol. The van der Waals surface area contributed by atoms with Crippen molar-refractivity contribution < 1.29 is 4.39 Å². The minimum Gasteiger partial charge on any atom is -0.334 e. The van der Waals surface area contributed by atoms with Crippen LogP contribution in [0.1, 0.15) is 48.9 Å². The highest BCUT2D eigenvalue weighted by Gasteiger charge is 2.30. The van der Waals surface area contributed by atoms with Gasteiger partial charge in [-0.05, 0) is 43.4 Å². The maximum Gasteiger partial charge on any atom is 0.233 e. The molecule has 9 heteroatoms. The second-order valence-corrected chi connectivity index (χ2v) is 7.64. The number of anilines is 3. The van der Waals surface area contributed by atoms with Crippen molar-refractivity contribution in [2.75, 3.05) is 16.8 Å². The van der Waals surface area contributed by atoms with Gasteiger partial charge in [0, 0.05) is 29.2 Å². The van der Waals surface area contributed by atoms with Crippen molar-refractivity contribution in [3.8, 4) is 0 Å². The molecule has 1 aliphatic carbocycles. The summed E-state index contributed by atoms with van der Waals surface area (Å²) in [5, 5.41) is 10.9. The van der Waals surface area contributed by atoms with E-state index in [0.717, 1.165) is 30.6 Å². The van der Waals surface area contributed by atoms with E-state index in [1.54, 1.807) is 6.07 Å². The number of rotatable bonds is 5. The molecule has 2 N–H and O–H groups in total. The molecule has 28 heavy (non-hydrogen) atoms. The summed E-state index contributed by atoms with van der Waals surface area (Å²) in [4.78, 5) is 15.2.